The largest absolute Gasteiger partial charge is 0.365 e. The molecule has 0 bridgehead atoms. The van der Waals surface area contributed by atoms with Gasteiger partial charge in [0.25, 0.3) is 5.91 Å². The average Bonchev–Trinajstić information content (AvgIpc) is 2.72. The molecule has 1 spiro atoms. The van der Waals surface area contributed by atoms with Gasteiger partial charge >= 0.3 is 6.03 Å². The first kappa shape index (κ1) is 14.7. The lowest BCUT2D eigenvalue weighted by Gasteiger charge is -2.35. The van der Waals surface area contributed by atoms with Crippen molar-refractivity contribution < 1.29 is 14.0 Å². The Hall–Kier alpha value is -2.25. The summed E-state index contributed by atoms with van der Waals surface area (Å²) in [5.74, 6) is -0.00405. The highest BCUT2D eigenvalue weighted by Gasteiger charge is 2.48. The van der Waals surface area contributed by atoms with Gasteiger partial charge in [0.05, 0.1) is 5.69 Å². The maximum Gasteiger partial charge on any atom is 0.322 e. The van der Waals surface area contributed by atoms with Crippen LogP contribution in [-0.2, 0) is 4.79 Å². The SMILES string of the molecule is Cc1nc(C)c(F)c(NC2CCC3(CC2)NC(=O)NC3=O)n1. The van der Waals surface area contributed by atoms with Crippen LogP contribution in [0.1, 0.15) is 37.2 Å². The molecular weight excluding hydrogens is 289 g/mol. The summed E-state index contributed by atoms with van der Waals surface area (Å²) < 4.78 is 14.0. The van der Waals surface area contributed by atoms with Crippen molar-refractivity contribution in [1.29, 1.82) is 0 Å². The predicted octanol–water partition coefficient (Wildman–Crippen LogP) is 1.17. The minimum atomic E-state index is -0.800. The molecule has 1 aromatic rings. The normalized spacial score (nSPS) is 27.7. The molecule has 1 aliphatic carbocycles. The van der Waals surface area contributed by atoms with Crippen molar-refractivity contribution >= 4 is 17.8 Å². The van der Waals surface area contributed by atoms with Crippen LogP contribution in [0.15, 0.2) is 0 Å². The summed E-state index contributed by atoms with van der Waals surface area (Å²) in [5.41, 5.74) is -0.490. The van der Waals surface area contributed by atoms with Crippen molar-refractivity contribution in [2.75, 3.05) is 5.32 Å². The highest BCUT2D eigenvalue weighted by Crippen LogP contribution is 2.32. The van der Waals surface area contributed by atoms with E-state index in [-0.39, 0.29) is 17.8 Å². The number of aromatic nitrogens is 2. The van der Waals surface area contributed by atoms with Crippen LogP contribution in [0.3, 0.4) is 0 Å². The number of aryl methyl sites for hydroxylation is 2. The number of rotatable bonds is 2. The monoisotopic (exact) mass is 307 g/mol. The molecule has 0 radical (unpaired) electrons. The van der Waals surface area contributed by atoms with Gasteiger partial charge in [0.15, 0.2) is 11.6 Å². The number of carbonyl (C=O) groups excluding carboxylic acids is 2. The minimum absolute atomic E-state index is 0.0131. The Morgan fingerprint density at radius 2 is 1.91 bits per heavy atom. The van der Waals surface area contributed by atoms with Crippen LogP contribution < -0.4 is 16.0 Å². The second kappa shape index (κ2) is 5.19. The van der Waals surface area contributed by atoms with Gasteiger partial charge in [0.1, 0.15) is 11.4 Å². The lowest BCUT2D eigenvalue weighted by molar-refractivity contribution is -0.125. The second-order valence-corrected chi connectivity index (χ2v) is 5.93. The molecule has 2 aliphatic rings. The summed E-state index contributed by atoms with van der Waals surface area (Å²) in [7, 11) is 0. The first-order chi connectivity index (χ1) is 10.4. The average molecular weight is 307 g/mol. The molecule has 0 unspecified atom stereocenters. The second-order valence-electron chi connectivity index (χ2n) is 5.93. The Labute approximate surface area is 127 Å². The summed E-state index contributed by atoms with van der Waals surface area (Å²) in [6.45, 7) is 3.31. The Morgan fingerprint density at radius 3 is 2.50 bits per heavy atom. The standard InChI is InChI=1S/C14H18FN5O2/c1-7-10(15)11(17-8(2)16-7)18-9-3-5-14(6-4-9)12(21)19-13(22)20-14/h9H,3-6H2,1-2H3,(H,16,17,18)(H2,19,20,21,22). The number of urea groups is 1. The lowest BCUT2D eigenvalue weighted by atomic mass is 9.79. The number of halogens is 1. The molecule has 1 aliphatic heterocycles. The molecule has 8 heteroatoms. The number of anilines is 1. The number of hydrogen-bond donors (Lipinski definition) is 3. The third-order valence-corrected chi connectivity index (χ3v) is 4.32. The third kappa shape index (κ3) is 2.49. The van der Waals surface area contributed by atoms with Crippen LogP contribution in [0, 0.1) is 19.7 Å². The number of imide groups is 1. The zero-order valence-corrected chi connectivity index (χ0v) is 12.5. The number of carbonyl (C=O) groups is 2. The highest BCUT2D eigenvalue weighted by molar-refractivity contribution is 6.07. The van der Waals surface area contributed by atoms with E-state index in [2.05, 4.69) is 25.9 Å². The van der Waals surface area contributed by atoms with Gasteiger partial charge in [-0.05, 0) is 39.5 Å². The molecule has 3 N–H and O–H groups in total. The van der Waals surface area contributed by atoms with E-state index >= 15 is 0 Å². The maximum absolute atomic E-state index is 14.0. The minimum Gasteiger partial charge on any atom is -0.365 e. The van der Waals surface area contributed by atoms with E-state index in [1.807, 2.05) is 0 Å². The molecule has 3 rings (SSSR count). The molecule has 1 aromatic heterocycles. The zero-order chi connectivity index (χ0) is 15.9. The van der Waals surface area contributed by atoms with Crippen molar-refractivity contribution in [3.8, 4) is 0 Å². The van der Waals surface area contributed by atoms with Crippen molar-refractivity contribution in [2.24, 2.45) is 0 Å². The van der Waals surface area contributed by atoms with Gasteiger partial charge < -0.3 is 10.6 Å². The van der Waals surface area contributed by atoms with Crippen molar-refractivity contribution in [3.05, 3.63) is 17.3 Å². The lowest BCUT2D eigenvalue weighted by Crippen LogP contribution is -2.51. The van der Waals surface area contributed by atoms with Crippen molar-refractivity contribution in [2.45, 2.75) is 51.1 Å². The molecule has 7 nitrogen and oxygen atoms in total. The Bertz CT molecular complexity index is 640. The van der Waals surface area contributed by atoms with Gasteiger partial charge in [-0.25, -0.2) is 19.2 Å². The summed E-state index contributed by atoms with van der Waals surface area (Å²) in [6.07, 6.45) is 2.34. The number of nitrogens with one attached hydrogen (secondary N) is 3. The summed E-state index contributed by atoms with van der Waals surface area (Å²) in [6, 6.07) is -0.427. The first-order valence-electron chi connectivity index (χ1n) is 7.30. The fraction of sp³-hybridized carbons (Fsp3) is 0.571. The van der Waals surface area contributed by atoms with E-state index in [9.17, 15) is 14.0 Å². The fourth-order valence-electron chi connectivity index (χ4n) is 3.12. The van der Waals surface area contributed by atoms with E-state index in [1.165, 1.54) is 0 Å². The number of hydrogen-bond acceptors (Lipinski definition) is 5. The van der Waals surface area contributed by atoms with Gasteiger partial charge in [-0.3, -0.25) is 10.1 Å². The smallest absolute Gasteiger partial charge is 0.322 e. The van der Waals surface area contributed by atoms with Gasteiger partial charge in [-0.1, -0.05) is 0 Å². The van der Waals surface area contributed by atoms with Gasteiger partial charge in [-0.2, -0.15) is 0 Å². The van der Waals surface area contributed by atoms with Crippen molar-refractivity contribution in [3.63, 3.8) is 0 Å². The number of amides is 3. The van der Waals surface area contributed by atoms with Crippen LogP contribution in [0.4, 0.5) is 15.0 Å². The molecule has 118 valence electrons. The number of nitrogens with zero attached hydrogens (tertiary/aromatic N) is 2. The van der Waals surface area contributed by atoms with Gasteiger partial charge in [0.2, 0.25) is 0 Å². The van der Waals surface area contributed by atoms with Crippen LogP contribution in [0.2, 0.25) is 0 Å². The molecule has 22 heavy (non-hydrogen) atoms. The summed E-state index contributed by atoms with van der Waals surface area (Å²) in [4.78, 5) is 31.2. The van der Waals surface area contributed by atoms with Crippen LogP contribution in [0.25, 0.3) is 0 Å². The highest BCUT2D eigenvalue weighted by atomic mass is 19.1. The zero-order valence-electron chi connectivity index (χ0n) is 12.5. The van der Waals surface area contributed by atoms with Gasteiger partial charge in [-0.15, -0.1) is 0 Å². The predicted molar refractivity (Wildman–Crippen MR) is 76.7 cm³/mol. The molecule has 0 atom stereocenters. The molecule has 2 heterocycles. The summed E-state index contributed by atoms with van der Waals surface area (Å²) in [5, 5.41) is 8.07. The topological polar surface area (TPSA) is 96.0 Å². The Morgan fingerprint density at radius 1 is 1.23 bits per heavy atom. The quantitative estimate of drug-likeness (QED) is 0.713. The molecule has 1 saturated heterocycles. The van der Waals surface area contributed by atoms with E-state index in [0.717, 1.165) is 0 Å². The summed E-state index contributed by atoms with van der Waals surface area (Å²) >= 11 is 0. The Balaban J connectivity index is 1.68. The fourth-order valence-corrected chi connectivity index (χ4v) is 3.12. The Kier molecular flexibility index (Phi) is 3.46. The van der Waals surface area contributed by atoms with E-state index in [0.29, 0.717) is 37.2 Å². The molecule has 2 fully saturated rings. The molecule has 3 amide bonds. The van der Waals surface area contributed by atoms with Crippen LogP contribution in [0.5, 0.6) is 0 Å². The van der Waals surface area contributed by atoms with E-state index in [4.69, 9.17) is 0 Å². The van der Waals surface area contributed by atoms with Crippen LogP contribution >= 0.6 is 0 Å². The maximum atomic E-state index is 14.0. The molecule has 1 saturated carbocycles. The van der Waals surface area contributed by atoms with E-state index in [1.54, 1.807) is 13.8 Å². The third-order valence-electron chi connectivity index (χ3n) is 4.32. The first-order valence-corrected chi connectivity index (χ1v) is 7.30. The van der Waals surface area contributed by atoms with Crippen molar-refractivity contribution in [1.82, 2.24) is 20.6 Å². The molecular formula is C14H18FN5O2. The van der Waals surface area contributed by atoms with Crippen LogP contribution in [-0.4, -0.2) is 33.5 Å². The molecule has 0 aromatic carbocycles. The van der Waals surface area contributed by atoms with E-state index < -0.39 is 17.4 Å². The van der Waals surface area contributed by atoms with Gasteiger partial charge in [0, 0.05) is 6.04 Å².